The van der Waals surface area contributed by atoms with Crippen molar-refractivity contribution in [1.29, 1.82) is 0 Å². The molecule has 0 atom stereocenters. The number of carbonyl (C=O) groups is 1. The molecule has 0 bridgehead atoms. The van der Waals surface area contributed by atoms with Gasteiger partial charge in [0.2, 0.25) is 0 Å². The van der Waals surface area contributed by atoms with Crippen molar-refractivity contribution in [2.45, 2.75) is 43.8 Å². The normalized spacial score (nSPS) is 17.8. The van der Waals surface area contributed by atoms with Crippen LogP contribution in [-0.2, 0) is 0 Å². The molecule has 1 heterocycles. The van der Waals surface area contributed by atoms with Crippen LogP contribution in [-0.4, -0.2) is 28.4 Å². The maximum Gasteiger partial charge on any atom is 0.254 e. The van der Waals surface area contributed by atoms with Gasteiger partial charge in [0.05, 0.1) is 10.6 Å². The predicted molar refractivity (Wildman–Crippen MR) is 85.6 cm³/mol. The Labute approximate surface area is 129 Å². The molecule has 110 valence electrons. The van der Waals surface area contributed by atoms with Crippen molar-refractivity contribution in [2.75, 3.05) is 12.8 Å². The fraction of sp³-hybridized carbons (Fsp3) is 0.600. The fourth-order valence-corrected chi connectivity index (χ4v) is 3.89. The summed E-state index contributed by atoms with van der Waals surface area (Å²) in [7, 11) is 0. The number of nitrogens with zero attached hydrogens (tertiary/aromatic N) is 1. The second-order valence-electron chi connectivity index (χ2n) is 5.44. The van der Waals surface area contributed by atoms with E-state index in [-0.39, 0.29) is 10.7 Å². The summed E-state index contributed by atoms with van der Waals surface area (Å²) in [6.45, 7) is 2.56. The fourth-order valence-electron chi connectivity index (χ4n) is 2.68. The number of thioether (sulfide) groups is 1. The first-order valence-electron chi connectivity index (χ1n) is 7.02. The van der Waals surface area contributed by atoms with E-state index in [1.165, 1.54) is 32.1 Å². The first-order chi connectivity index (χ1) is 9.56. The second-order valence-corrected chi connectivity index (χ2v) is 7.12. The summed E-state index contributed by atoms with van der Waals surface area (Å²) in [5.74, 6) is -0.124. The first kappa shape index (κ1) is 15.6. The number of aryl methyl sites for hydroxylation is 1. The standard InChI is InChI=1S/C15H21ClN2OS/c1-11-8-13(16)12(9-17-11)14(19)18-10-15(20-2)6-4-3-5-7-15/h8-9H,3-7,10H2,1-2H3,(H,18,19). The average molecular weight is 313 g/mol. The Balaban J connectivity index is 2.00. The third kappa shape index (κ3) is 3.67. The molecule has 2 rings (SSSR count). The number of hydrogen-bond acceptors (Lipinski definition) is 3. The first-order valence-corrected chi connectivity index (χ1v) is 8.62. The van der Waals surface area contributed by atoms with Crippen LogP contribution in [0.3, 0.4) is 0 Å². The summed E-state index contributed by atoms with van der Waals surface area (Å²) in [6, 6.07) is 1.72. The second kappa shape index (κ2) is 6.81. The van der Waals surface area contributed by atoms with Gasteiger partial charge in [0, 0.05) is 23.2 Å². The SMILES string of the molecule is CSC1(CNC(=O)c2cnc(C)cc2Cl)CCCCC1. The number of carbonyl (C=O) groups excluding carboxylic acids is 1. The van der Waals surface area contributed by atoms with E-state index in [1.807, 2.05) is 18.7 Å². The summed E-state index contributed by atoms with van der Waals surface area (Å²) in [6.07, 6.45) is 9.86. The molecular weight excluding hydrogens is 292 g/mol. The van der Waals surface area contributed by atoms with Crippen molar-refractivity contribution >= 4 is 29.3 Å². The Kier molecular flexibility index (Phi) is 5.33. The van der Waals surface area contributed by atoms with Gasteiger partial charge in [-0.05, 0) is 32.1 Å². The minimum Gasteiger partial charge on any atom is -0.351 e. The molecule has 0 saturated heterocycles. The van der Waals surface area contributed by atoms with E-state index in [4.69, 9.17) is 11.6 Å². The lowest BCUT2D eigenvalue weighted by Gasteiger charge is -2.35. The molecule has 5 heteroatoms. The number of halogens is 1. The number of nitrogens with one attached hydrogen (secondary N) is 1. The van der Waals surface area contributed by atoms with E-state index in [0.717, 1.165) is 5.69 Å². The van der Waals surface area contributed by atoms with Crippen LogP contribution < -0.4 is 5.32 Å². The zero-order chi connectivity index (χ0) is 14.6. The summed E-state index contributed by atoms with van der Waals surface area (Å²) < 4.78 is 0.193. The van der Waals surface area contributed by atoms with E-state index in [2.05, 4.69) is 16.6 Å². The zero-order valence-corrected chi connectivity index (χ0v) is 13.6. The van der Waals surface area contributed by atoms with Crippen molar-refractivity contribution < 1.29 is 4.79 Å². The lowest BCUT2D eigenvalue weighted by molar-refractivity contribution is 0.0946. The van der Waals surface area contributed by atoms with Crippen molar-refractivity contribution in [3.63, 3.8) is 0 Å². The predicted octanol–water partition coefficient (Wildman–Crippen LogP) is 3.84. The van der Waals surface area contributed by atoms with Crippen molar-refractivity contribution in [2.24, 2.45) is 0 Å². The molecule has 1 aliphatic carbocycles. The molecule has 0 aromatic carbocycles. The molecule has 0 radical (unpaired) electrons. The lowest BCUT2D eigenvalue weighted by atomic mass is 9.88. The molecule has 20 heavy (non-hydrogen) atoms. The molecule has 1 fully saturated rings. The third-order valence-electron chi connectivity index (χ3n) is 4.00. The van der Waals surface area contributed by atoms with Crippen LogP contribution in [0.5, 0.6) is 0 Å². The largest absolute Gasteiger partial charge is 0.351 e. The van der Waals surface area contributed by atoms with Gasteiger partial charge in [0.25, 0.3) is 5.91 Å². The van der Waals surface area contributed by atoms with Gasteiger partial charge in [-0.2, -0.15) is 11.8 Å². The van der Waals surface area contributed by atoms with Gasteiger partial charge in [-0.25, -0.2) is 0 Å². The summed E-state index contributed by atoms with van der Waals surface area (Å²) in [5, 5.41) is 3.51. The van der Waals surface area contributed by atoms with Crippen molar-refractivity contribution in [3.8, 4) is 0 Å². The van der Waals surface area contributed by atoms with Crippen molar-refractivity contribution in [3.05, 3.63) is 28.5 Å². The molecule has 1 N–H and O–H groups in total. The quantitative estimate of drug-likeness (QED) is 0.918. The Morgan fingerprint density at radius 3 is 2.75 bits per heavy atom. The molecule has 1 aliphatic rings. The highest BCUT2D eigenvalue weighted by atomic mass is 35.5. The number of aromatic nitrogens is 1. The Hall–Kier alpha value is -0.740. The molecule has 1 aromatic heterocycles. The van der Waals surface area contributed by atoms with Crippen LogP contribution in [0, 0.1) is 6.92 Å². The van der Waals surface area contributed by atoms with Gasteiger partial charge in [0.15, 0.2) is 0 Å². The van der Waals surface area contributed by atoms with Crippen LogP contribution in [0.25, 0.3) is 0 Å². The molecule has 1 saturated carbocycles. The smallest absolute Gasteiger partial charge is 0.254 e. The van der Waals surface area contributed by atoms with Crippen LogP contribution in [0.2, 0.25) is 5.02 Å². The average Bonchev–Trinajstić information content (AvgIpc) is 2.46. The van der Waals surface area contributed by atoms with E-state index < -0.39 is 0 Å². The van der Waals surface area contributed by atoms with E-state index >= 15 is 0 Å². The number of amides is 1. The summed E-state index contributed by atoms with van der Waals surface area (Å²) >= 11 is 7.98. The van der Waals surface area contributed by atoms with Gasteiger partial charge in [-0.3, -0.25) is 9.78 Å². The molecular formula is C15H21ClN2OS. The molecule has 1 aromatic rings. The molecule has 1 amide bonds. The Morgan fingerprint density at radius 2 is 2.15 bits per heavy atom. The highest BCUT2D eigenvalue weighted by Crippen LogP contribution is 2.38. The lowest BCUT2D eigenvalue weighted by Crippen LogP contribution is -2.41. The maximum absolute atomic E-state index is 12.2. The Morgan fingerprint density at radius 1 is 1.45 bits per heavy atom. The number of hydrogen-bond donors (Lipinski definition) is 1. The van der Waals surface area contributed by atoms with E-state index in [0.29, 0.717) is 17.1 Å². The van der Waals surface area contributed by atoms with Gasteiger partial charge < -0.3 is 5.32 Å². The number of pyridine rings is 1. The van der Waals surface area contributed by atoms with Crippen LogP contribution in [0.15, 0.2) is 12.3 Å². The van der Waals surface area contributed by atoms with Crippen molar-refractivity contribution in [1.82, 2.24) is 10.3 Å². The highest BCUT2D eigenvalue weighted by molar-refractivity contribution is 8.00. The van der Waals surface area contributed by atoms with Gasteiger partial charge in [-0.15, -0.1) is 0 Å². The van der Waals surface area contributed by atoms with Crippen LogP contribution in [0.4, 0.5) is 0 Å². The highest BCUT2D eigenvalue weighted by Gasteiger charge is 2.31. The molecule has 3 nitrogen and oxygen atoms in total. The summed E-state index contributed by atoms with van der Waals surface area (Å²) in [5.41, 5.74) is 1.28. The van der Waals surface area contributed by atoms with Crippen LogP contribution >= 0.6 is 23.4 Å². The van der Waals surface area contributed by atoms with Gasteiger partial charge in [-0.1, -0.05) is 30.9 Å². The third-order valence-corrected chi connectivity index (χ3v) is 5.74. The Bertz CT molecular complexity index is 487. The summed E-state index contributed by atoms with van der Waals surface area (Å²) in [4.78, 5) is 16.4. The maximum atomic E-state index is 12.2. The van der Waals surface area contributed by atoms with E-state index in [1.54, 1.807) is 12.3 Å². The zero-order valence-electron chi connectivity index (χ0n) is 12.0. The topological polar surface area (TPSA) is 42.0 Å². The molecule has 0 aliphatic heterocycles. The van der Waals surface area contributed by atoms with Crippen LogP contribution in [0.1, 0.15) is 48.2 Å². The minimum atomic E-state index is -0.124. The minimum absolute atomic E-state index is 0.124. The monoisotopic (exact) mass is 312 g/mol. The molecule has 0 spiro atoms. The van der Waals surface area contributed by atoms with Gasteiger partial charge in [0.1, 0.15) is 0 Å². The van der Waals surface area contributed by atoms with E-state index in [9.17, 15) is 4.79 Å². The van der Waals surface area contributed by atoms with Gasteiger partial charge >= 0.3 is 0 Å². The number of rotatable bonds is 4. The molecule has 0 unspecified atom stereocenters.